The van der Waals surface area contributed by atoms with Crippen LogP contribution in [0.15, 0.2) is 82.1 Å². The van der Waals surface area contributed by atoms with Crippen LogP contribution in [0.4, 0.5) is 0 Å². The first-order chi connectivity index (χ1) is 45.2. The summed E-state index contributed by atoms with van der Waals surface area (Å²) in [5, 5.41) is 44.9. The minimum absolute atomic E-state index is 0.0694. The van der Waals surface area contributed by atoms with E-state index < -0.39 is 0 Å². The van der Waals surface area contributed by atoms with Gasteiger partial charge < -0.3 is 17.9 Å². The molecule has 13 rings (SSSR count). The van der Waals surface area contributed by atoms with Crippen molar-refractivity contribution in [3.05, 3.63) is 161 Å². The molecule has 1 aliphatic rings. The van der Waals surface area contributed by atoms with Crippen LogP contribution in [0.3, 0.4) is 0 Å². The lowest BCUT2D eigenvalue weighted by atomic mass is 10.4. The van der Waals surface area contributed by atoms with Crippen LogP contribution >= 0.6 is 45.7 Å². The zero-order valence-electron chi connectivity index (χ0n) is 61.2. The number of rotatable bonds is 0. The second-order valence-electron chi connectivity index (χ2n) is 17.3. The summed E-state index contributed by atoms with van der Waals surface area (Å²) in [7, 11) is 0. The number of aliphatic imine (C=N–C) groups is 1. The van der Waals surface area contributed by atoms with Gasteiger partial charge in [-0.2, -0.15) is 54.5 Å². The SMILES string of the molecule is CC.CC.CC.CC.CC1=NC(C)N=N1.Cc1cn[nH]n1.Cc1ncn[nH]1.Cc1ncn[nH]1.Cc1ncn[nH]1.Cc1ncoc1C.Cc1ncoc1C.Cc1ncsc1C.Cc1ncsc1C.Cc1noc(C)n1.Cc1noc(C)n1.Cc1nsc(C)n1.Cc1nsc(C)n1. The van der Waals surface area contributed by atoms with Gasteiger partial charge in [0.1, 0.15) is 75.5 Å². The van der Waals surface area contributed by atoms with Crippen molar-refractivity contribution < 1.29 is 17.9 Å². The Kier molecular flexibility index (Phi) is 58.2. The fourth-order valence-electron chi connectivity index (χ4n) is 4.59. The highest BCUT2D eigenvalue weighted by Gasteiger charge is 2.01. The Morgan fingerprint density at radius 3 is 0.863 bits per heavy atom. The molecular formula is C60H103N27O4S4. The van der Waals surface area contributed by atoms with Gasteiger partial charge in [-0.3, -0.25) is 15.3 Å². The van der Waals surface area contributed by atoms with Crippen molar-refractivity contribution in [3.8, 4) is 0 Å². The maximum atomic E-state index is 4.85. The molecule has 1 atom stereocenters. The van der Waals surface area contributed by atoms with Gasteiger partial charge in [-0.05, 0) is 162 Å². The minimum atomic E-state index is 0.0694. The van der Waals surface area contributed by atoms with E-state index in [9.17, 15) is 0 Å². The Morgan fingerprint density at radius 1 is 0.421 bits per heavy atom. The molecular weight excluding hydrogens is 1290 g/mol. The van der Waals surface area contributed by atoms with Gasteiger partial charge in [-0.1, -0.05) is 65.7 Å². The van der Waals surface area contributed by atoms with Gasteiger partial charge in [0.15, 0.2) is 30.6 Å². The van der Waals surface area contributed by atoms with Crippen LogP contribution in [0.5, 0.6) is 0 Å². The van der Waals surface area contributed by atoms with Crippen molar-refractivity contribution in [2.45, 2.75) is 214 Å². The number of hydrogen-bond donors (Lipinski definition) is 4. The fourth-order valence-corrected chi connectivity index (χ4v) is 6.73. The number of nitrogens with zero attached hydrogens (tertiary/aromatic N) is 23. The van der Waals surface area contributed by atoms with E-state index in [2.05, 4.69) is 158 Å². The van der Waals surface area contributed by atoms with Gasteiger partial charge in [0.05, 0.1) is 45.7 Å². The van der Waals surface area contributed by atoms with Gasteiger partial charge >= 0.3 is 0 Å². The highest BCUT2D eigenvalue weighted by Crippen LogP contribution is 2.09. The van der Waals surface area contributed by atoms with Gasteiger partial charge in [0.25, 0.3) is 0 Å². The Balaban J connectivity index is -0.000000468. The lowest BCUT2D eigenvalue weighted by Gasteiger charge is -1.82. The first kappa shape index (κ1) is 92.3. The first-order valence-corrected chi connectivity index (χ1v) is 33.3. The molecule has 0 saturated carbocycles. The van der Waals surface area contributed by atoms with E-state index in [0.29, 0.717) is 23.4 Å². The highest BCUT2D eigenvalue weighted by molar-refractivity contribution is 7.10. The largest absolute Gasteiger partial charge is 0.449 e. The van der Waals surface area contributed by atoms with E-state index in [4.69, 9.17) is 8.83 Å². The van der Waals surface area contributed by atoms with Crippen LogP contribution in [-0.4, -0.2) is 132 Å². The molecule has 0 saturated heterocycles. The summed E-state index contributed by atoms with van der Waals surface area (Å²) in [5.41, 5.74) is 8.92. The monoisotopic (exact) mass is 1390 g/mol. The number of nitrogens with one attached hydrogen (secondary N) is 4. The van der Waals surface area contributed by atoms with Crippen molar-refractivity contribution in [3.63, 3.8) is 0 Å². The quantitative estimate of drug-likeness (QED) is 0.110. The summed E-state index contributed by atoms with van der Waals surface area (Å²) in [6, 6.07) is 0. The molecule has 0 bridgehead atoms. The number of azo groups is 1. The summed E-state index contributed by atoms with van der Waals surface area (Å²) in [5.74, 6) is 9.54. The van der Waals surface area contributed by atoms with E-state index in [-0.39, 0.29) is 6.17 Å². The van der Waals surface area contributed by atoms with Gasteiger partial charge in [-0.15, -0.1) is 27.8 Å². The lowest BCUT2D eigenvalue weighted by Crippen LogP contribution is -1.85. The molecule has 0 amide bonds. The van der Waals surface area contributed by atoms with Crippen LogP contribution in [0, 0.1) is 138 Å². The van der Waals surface area contributed by atoms with Gasteiger partial charge in [-0.25, -0.2) is 49.8 Å². The van der Waals surface area contributed by atoms with Crippen LogP contribution in [-0.2, 0) is 0 Å². The topological polar surface area (TPSA) is 411 Å². The molecule has 1 aliphatic heterocycles. The Labute approximate surface area is 576 Å². The molecule has 0 fully saturated rings. The Morgan fingerprint density at radius 2 is 0.789 bits per heavy atom. The summed E-state index contributed by atoms with van der Waals surface area (Å²) in [4.78, 5) is 49.3. The maximum absolute atomic E-state index is 4.85. The zero-order valence-corrected chi connectivity index (χ0v) is 64.5. The molecule has 95 heavy (non-hydrogen) atoms. The van der Waals surface area contributed by atoms with Gasteiger partial charge in [0, 0.05) is 23.6 Å². The average Bonchev–Trinajstić information content (AvgIpc) is 4.01. The number of aryl methyl sites for hydroxylation is 20. The summed E-state index contributed by atoms with van der Waals surface area (Å²) in [6.45, 7) is 57.8. The molecule has 0 aliphatic carbocycles. The second kappa shape index (κ2) is 59.9. The molecule has 13 heterocycles. The fraction of sp³-hybridized carbons (Fsp3) is 0.517. The molecule has 4 N–H and O–H groups in total. The third kappa shape index (κ3) is 54.1. The predicted octanol–water partition coefficient (Wildman–Crippen LogP) is 15.6. The Bertz CT molecular complexity index is 3010. The van der Waals surface area contributed by atoms with E-state index in [1.54, 1.807) is 56.6 Å². The molecule has 0 aromatic carbocycles. The number of thiazole rings is 2. The molecule has 526 valence electrons. The number of aromatic amines is 4. The van der Waals surface area contributed by atoms with Crippen LogP contribution < -0.4 is 0 Å². The number of amidine groups is 1. The molecule has 0 radical (unpaired) electrons. The van der Waals surface area contributed by atoms with Crippen molar-refractivity contribution in [1.29, 1.82) is 0 Å². The molecule has 12 aromatic rings. The lowest BCUT2D eigenvalue weighted by molar-refractivity contribution is 0.389. The second-order valence-corrected chi connectivity index (χ2v) is 21.3. The van der Waals surface area contributed by atoms with Gasteiger partial charge in [0.2, 0.25) is 11.8 Å². The first-order valence-electron chi connectivity index (χ1n) is 30.0. The standard InChI is InChI=1S/2C5H7NO.2C5H7NS.C4H7N3.2C4H6N2O.2C4H6N2S.4C3H5N3.4C2H6/c4*1-4-5(2)7-3-6-4;5*1-3-5-4(2)7-6-3;3*1-3-4-2-5-6-3;1-3-2-4-6-5-3;4*1-2/h5*3H,1-2H3;4*1-2H3;4*2H,1H3,(H,4,5,6);4*1-2H3. The van der Waals surface area contributed by atoms with Crippen LogP contribution in [0.1, 0.15) is 182 Å². The van der Waals surface area contributed by atoms with E-state index in [1.165, 1.54) is 64.6 Å². The number of H-pyrrole nitrogens is 4. The normalized spacial score (nSPS) is 10.1. The highest BCUT2D eigenvalue weighted by atomic mass is 32.1. The minimum Gasteiger partial charge on any atom is -0.449 e. The summed E-state index contributed by atoms with van der Waals surface area (Å²) >= 11 is 6.27. The maximum Gasteiger partial charge on any atom is 0.223 e. The van der Waals surface area contributed by atoms with Crippen LogP contribution in [0.25, 0.3) is 0 Å². The molecule has 0 spiro atoms. The number of oxazole rings is 2. The van der Waals surface area contributed by atoms with Crippen molar-refractivity contribution >= 4 is 51.6 Å². The predicted molar refractivity (Wildman–Crippen MR) is 379 cm³/mol. The number of aromatic nitrogens is 24. The molecule has 31 nitrogen and oxygen atoms in total. The third-order valence-corrected chi connectivity index (χ3v) is 12.5. The molecule has 12 aromatic heterocycles. The summed E-state index contributed by atoms with van der Waals surface area (Å²) in [6.07, 6.45) is 9.08. The molecule has 1 unspecified atom stereocenters. The Hall–Kier alpha value is -9.09. The van der Waals surface area contributed by atoms with Crippen molar-refractivity contribution in [1.82, 2.24) is 120 Å². The van der Waals surface area contributed by atoms with E-state index >= 15 is 0 Å². The van der Waals surface area contributed by atoms with Crippen molar-refractivity contribution in [2.75, 3.05) is 0 Å². The zero-order chi connectivity index (χ0) is 73.1. The van der Waals surface area contributed by atoms with E-state index in [0.717, 1.165) is 85.0 Å². The summed E-state index contributed by atoms with van der Waals surface area (Å²) < 4.78 is 26.8. The van der Waals surface area contributed by atoms with Crippen molar-refractivity contribution in [2.24, 2.45) is 15.2 Å². The van der Waals surface area contributed by atoms with E-state index in [1.807, 2.05) is 177 Å². The van der Waals surface area contributed by atoms with Crippen LogP contribution in [0.2, 0.25) is 0 Å². The third-order valence-electron chi connectivity index (χ3n) is 9.34. The smallest absolute Gasteiger partial charge is 0.223 e. The number of hydrogen-bond acceptors (Lipinski definition) is 31. The molecule has 35 heteroatoms. The average molecular weight is 1390 g/mol.